The Bertz CT molecular complexity index is 299. The van der Waals surface area contributed by atoms with Crippen LogP contribution in [-0.2, 0) is 9.53 Å². The van der Waals surface area contributed by atoms with Gasteiger partial charge >= 0.3 is 0 Å². The first-order valence-corrected chi connectivity index (χ1v) is 6.27. The van der Waals surface area contributed by atoms with Gasteiger partial charge in [-0.15, -0.1) is 0 Å². The lowest BCUT2D eigenvalue weighted by molar-refractivity contribution is -0.141. The summed E-state index contributed by atoms with van der Waals surface area (Å²) in [6.07, 6.45) is 1.77. The van der Waals surface area contributed by atoms with Crippen molar-refractivity contribution in [2.24, 2.45) is 5.92 Å². The molecule has 0 aliphatic carbocycles. The Kier molecular flexibility index (Phi) is 4.35. The average Bonchev–Trinajstić information content (AvgIpc) is 2.40. The van der Waals surface area contributed by atoms with Gasteiger partial charge in [-0.25, -0.2) is 0 Å². The van der Waals surface area contributed by atoms with Crippen LogP contribution in [0.1, 0.15) is 12.8 Å². The molecule has 0 spiro atoms. The number of carbonyl (C=O) groups is 1. The van der Waals surface area contributed by atoms with E-state index in [0.29, 0.717) is 19.8 Å². The van der Waals surface area contributed by atoms with E-state index in [1.54, 1.807) is 0 Å². The molecule has 2 rings (SSSR count). The zero-order valence-electron chi connectivity index (χ0n) is 10.1. The van der Waals surface area contributed by atoms with Crippen LogP contribution in [0.15, 0.2) is 0 Å². The molecule has 2 aliphatic heterocycles. The fourth-order valence-corrected chi connectivity index (χ4v) is 2.48. The number of morpholine rings is 1. The van der Waals surface area contributed by atoms with Gasteiger partial charge in [-0.2, -0.15) is 5.26 Å². The minimum Gasteiger partial charge on any atom is -0.378 e. The van der Waals surface area contributed by atoms with Crippen LogP contribution in [-0.4, -0.2) is 61.6 Å². The summed E-state index contributed by atoms with van der Waals surface area (Å²) in [5.74, 6) is 0.438. The summed E-state index contributed by atoms with van der Waals surface area (Å²) in [4.78, 5) is 16.2. The van der Waals surface area contributed by atoms with Crippen LogP contribution < -0.4 is 0 Å². The van der Waals surface area contributed by atoms with Crippen molar-refractivity contribution in [3.63, 3.8) is 0 Å². The average molecular weight is 237 g/mol. The largest absolute Gasteiger partial charge is 0.378 e. The number of piperidine rings is 1. The van der Waals surface area contributed by atoms with Crippen LogP contribution in [0, 0.1) is 17.2 Å². The van der Waals surface area contributed by atoms with Crippen LogP contribution in [0.5, 0.6) is 0 Å². The first kappa shape index (κ1) is 12.3. The Labute approximate surface area is 102 Å². The van der Waals surface area contributed by atoms with Crippen LogP contribution in [0.25, 0.3) is 0 Å². The van der Waals surface area contributed by atoms with E-state index >= 15 is 0 Å². The highest BCUT2D eigenvalue weighted by molar-refractivity contribution is 5.79. The Morgan fingerprint density at radius 2 is 1.88 bits per heavy atom. The van der Waals surface area contributed by atoms with Gasteiger partial charge in [0.15, 0.2) is 0 Å². The highest BCUT2D eigenvalue weighted by Crippen LogP contribution is 2.19. The second-order valence-corrected chi connectivity index (χ2v) is 4.65. The van der Waals surface area contributed by atoms with Gasteiger partial charge in [-0.3, -0.25) is 9.69 Å². The molecule has 2 heterocycles. The zero-order chi connectivity index (χ0) is 12.1. The molecule has 0 bridgehead atoms. The maximum atomic E-state index is 12.2. The quantitative estimate of drug-likeness (QED) is 0.638. The highest BCUT2D eigenvalue weighted by Gasteiger charge is 2.29. The van der Waals surface area contributed by atoms with Crippen molar-refractivity contribution >= 4 is 5.91 Å². The summed E-state index contributed by atoms with van der Waals surface area (Å²) in [6.45, 7) is 5.02. The summed E-state index contributed by atoms with van der Waals surface area (Å²) in [6, 6.07) is 2.16. The molecule has 5 heteroatoms. The predicted molar refractivity (Wildman–Crippen MR) is 62.2 cm³/mol. The lowest BCUT2D eigenvalue weighted by Crippen LogP contribution is -2.46. The van der Waals surface area contributed by atoms with Crippen LogP contribution >= 0.6 is 0 Å². The Balaban J connectivity index is 1.79. The standard InChI is InChI=1S/C12H19N3O2/c13-3-6-14-4-1-11(2-5-14)12(16)15-7-9-17-10-8-15/h11H,1-2,4-10H2. The fraction of sp³-hybridized carbons (Fsp3) is 0.833. The lowest BCUT2D eigenvalue weighted by Gasteiger charge is -2.34. The molecule has 5 nitrogen and oxygen atoms in total. The number of rotatable bonds is 2. The van der Waals surface area contributed by atoms with E-state index in [-0.39, 0.29) is 11.8 Å². The summed E-state index contributed by atoms with van der Waals surface area (Å²) < 4.78 is 5.25. The molecule has 0 unspecified atom stereocenters. The first-order valence-electron chi connectivity index (χ1n) is 6.27. The van der Waals surface area contributed by atoms with Gasteiger partial charge in [0.1, 0.15) is 0 Å². The van der Waals surface area contributed by atoms with E-state index in [4.69, 9.17) is 10.00 Å². The third-order valence-corrected chi connectivity index (χ3v) is 3.55. The molecular weight excluding hydrogens is 218 g/mol. The van der Waals surface area contributed by atoms with Gasteiger partial charge in [0.25, 0.3) is 0 Å². The number of ether oxygens (including phenoxy) is 1. The molecule has 0 radical (unpaired) electrons. The second kappa shape index (κ2) is 5.99. The summed E-state index contributed by atoms with van der Waals surface area (Å²) in [5.41, 5.74) is 0. The molecule has 17 heavy (non-hydrogen) atoms. The van der Waals surface area contributed by atoms with Crippen molar-refractivity contribution in [1.82, 2.24) is 9.80 Å². The maximum absolute atomic E-state index is 12.2. The molecule has 2 aliphatic rings. The molecule has 94 valence electrons. The van der Waals surface area contributed by atoms with Crippen molar-refractivity contribution in [3.8, 4) is 6.07 Å². The minimum atomic E-state index is 0.156. The summed E-state index contributed by atoms with van der Waals surface area (Å²) >= 11 is 0. The van der Waals surface area contributed by atoms with Gasteiger partial charge in [0.2, 0.25) is 5.91 Å². The molecule has 0 saturated carbocycles. The van der Waals surface area contributed by atoms with Crippen molar-refractivity contribution < 1.29 is 9.53 Å². The molecule has 0 aromatic carbocycles. The topological polar surface area (TPSA) is 56.6 Å². The Hall–Kier alpha value is -1.12. The van der Waals surface area contributed by atoms with Crippen molar-refractivity contribution in [2.45, 2.75) is 12.8 Å². The van der Waals surface area contributed by atoms with E-state index in [1.165, 1.54) is 0 Å². The van der Waals surface area contributed by atoms with Gasteiger partial charge in [-0.05, 0) is 25.9 Å². The van der Waals surface area contributed by atoms with Gasteiger partial charge in [0, 0.05) is 19.0 Å². The first-order chi connectivity index (χ1) is 8.31. The molecule has 2 fully saturated rings. The molecular formula is C12H19N3O2. The monoisotopic (exact) mass is 237 g/mol. The summed E-state index contributed by atoms with van der Waals surface area (Å²) in [7, 11) is 0. The van der Waals surface area contributed by atoms with Crippen molar-refractivity contribution in [1.29, 1.82) is 5.26 Å². The highest BCUT2D eigenvalue weighted by atomic mass is 16.5. The van der Waals surface area contributed by atoms with E-state index in [1.807, 2.05) is 4.90 Å². The molecule has 1 amide bonds. The fourth-order valence-electron chi connectivity index (χ4n) is 2.48. The predicted octanol–water partition coefficient (Wildman–Crippen LogP) is 0.0808. The lowest BCUT2D eigenvalue weighted by atomic mass is 9.95. The van der Waals surface area contributed by atoms with Crippen LogP contribution in [0.3, 0.4) is 0 Å². The van der Waals surface area contributed by atoms with E-state index in [2.05, 4.69) is 11.0 Å². The van der Waals surface area contributed by atoms with E-state index < -0.39 is 0 Å². The number of likely N-dealkylation sites (tertiary alicyclic amines) is 1. The van der Waals surface area contributed by atoms with Gasteiger partial charge in [0.05, 0.1) is 25.8 Å². The molecule has 2 saturated heterocycles. The minimum absolute atomic E-state index is 0.156. The number of carbonyl (C=O) groups excluding carboxylic acids is 1. The third-order valence-electron chi connectivity index (χ3n) is 3.55. The van der Waals surface area contributed by atoms with Gasteiger partial charge < -0.3 is 9.64 Å². The Morgan fingerprint density at radius 3 is 2.47 bits per heavy atom. The Morgan fingerprint density at radius 1 is 1.24 bits per heavy atom. The van der Waals surface area contributed by atoms with Gasteiger partial charge in [-0.1, -0.05) is 0 Å². The van der Waals surface area contributed by atoms with Crippen molar-refractivity contribution in [3.05, 3.63) is 0 Å². The van der Waals surface area contributed by atoms with Crippen LogP contribution in [0.2, 0.25) is 0 Å². The third kappa shape index (κ3) is 3.18. The normalized spacial score (nSPS) is 23.4. The number of hydrogen-bond donors (Lipinski definition) is 0. The van der Waals surface area contributed by atoms with Crippen molar-refractivity contribution in [2.75, 3.05) is 45.9 Å². The van der Waals surface area contributed by atoms with E-state index in [9.17, 15) is 4.79 Å². The maximum Gasteiger partial charge on any atom is 0.225 e. The zero-order valence-corrected chi connectivity index (χ0v) is 10.1. The molecule has 0 N–H and O–H groups in total. The molecule has 0 atom stereocenters. The smallest absolute Gasteiger partial charge is 0.225 e. The molecule has 0 aromatic heterocycles. The number of nitriles is 1. The molecule has 0 aromatic rings. The number of nitrogens with zero attached hydrogens (tertiary/aromatic N) is 3. The SMILES string of the molecule is N#CCN1CCC(C(=O)N2CCOCC2)CC1. The second-order valence-electron chi connectivity index (χ2n) is 4.65. The van der Waals surface area contributed by atoms with Crippen LogP contribution in [0.4, 0.5) is 0 Å². The number of hydrogen-bond acceptors (Lipinski definition) is 4. The summed E-state index contributed by atoms with van der Waals surface area (Å²) in [5, 5.41) is 8.62. The number of amides is 1. The van der Waals surface area contributed by atoms with E-state index in [0.717, 1.165) is 39.0 Å².